The molecule has 1 aromatic carbocycles. The van der Waals surface area contributed by atoms with Gasteiger partial charge < -0.3 is 10.5 Å². The van der Waals surface area contributed by atoms with Crippen molar-refractivity contribution in [1.29, 1.82) is 0 Å². The van der Waals surface area contributed by atoms with Crippen LogP contribution in [0.4, 0.5) is 0 Å². The Labute approximate surface area is 104 Å². The lowest BCUT2D eigenvalue weighted by Gasteiger charge is -2.17. The second-order valence-electron chi connectivity index (χ2n) is 5.51. The first-order valence-electron chi connectivity index (χ1n) is 6.61. The van der Waals surface area contributed by atoms with Crippen LogP contribution in [0.3, 0.4) is 0 Å². The first-order chi connectivity index (χ1) is 8.06. The molecular weight excluding hydrogens is 210 g/mol. The average molecular weight is 233 g/mol. The van der Waals surface area contributed by atoms with E-state index in [0.29, 0.717) is 5.92 Å². The van der Waals surface area contributed by atoms with Crippen molar-refractivity contribution in [3.8, 4) is 5.75 Å². The highest BCUT2D eigenvalue weighted by Gasteiger charge is 2.20. The van der Waals surface area contributed by atoms with E-state index in [0.717, 1.165) is 18.6 Å². The van der Waals surface area contributed by atoms with Crippen molar-refractivity contribution >= 4 is 0 Å². The summed E-state index contributed by atoms with van der Waals surface area (Å²) in [6, 6.07) is 6.56. The molecular formula is C15H23NO. The summed E-state index contributed by atoms with van der Waals surface area (Å²) < 4.78 is 5.74. The van der Waals surface area contributed by atoms with Gasteiger partial charge in [0.1, 0.15) is 5.75 Å². The van der Waals surface area contributed by atoms with E-state index in [1.807, 2.05) is 13.8 Å². The molecule has 0 saturated heterocycles. The Bertz CT molecular complexity index is 387. The van der Waals surface area contributed by atoms with Gasteiger partial charge in [0.2, 0.25) is 0 Å². The van der Waals surface area contributed by atoms with Crippen molar-refractivity contribution in [2.75, 3.05) is 0 Å². The molecule has 0 aromatic heterocycles. The van der Waals surface area contributed by atoms with E-state index in [1.54, 1.807) is 0 Å². The first kappa shape index (κ1) is 12.4. The zero-order chi connectivity index (χ0) is 12.4. The molecule has 2 N–H and O–H groups in total. The Morgan fingerprint density at radius 1 is 1.35 bits per heavy atom. The van der Waals surface area contributed by atoms with Gasteiger partial charge >= 0.3 is 0 Å². The minimum absolute atomic E-state index is 0.165. The fourth-order valence-electron chi connectivity index (χ4n) is 2.57. The van der Waals surface area contributed by atoms with Crippen molar-refractivity contribution in [2.24, 2.45) is 11.7 Å². The van der Waals surface area contributed by atoms with Gasteiger partial charge in [-0.15, -0.1) is 0 Å². The number of hydrogen-bond acceptors (Lipinski definition) is 2. The molecule has 2 heteroatoms. The van der Waals surface area contributed by atoms with E-state index in [1.165, 1.54) is 17.5 Å². The fourth-order valence-corrected chi connectivity index (χ4v) is 2.57. The number of fused-ring (bicyclic) bond motifs is 1. The molecule has 1 aromatic rings. The third-order valence-electron chi connectivity index (χ3n) is 3.45. The number of aryl methyl sites for hydroxylation is 1. The predicted molar refractivity (Wildman–Crippen MR) is 71.2 cm³/mol. The van der Waals surface area contributed by atoms with E-state index in [2.05, 4.69) is 25.1 Å². The van der Waals surface area contributed by atoms with Crippen LogP contribution in [0.1, 0.15) is 50.8 Å². The zero-order valence-electron chi connectivity index (χ0n) is 11.1. The van der Waals surface area contributed by atoms with Gasteiger partial charge in [0.15, 0.2) is 0 Å². The molecule has 17 heavy (non-hydrogen) atoms. The average Bonchev–Trinajstić information content (AvgIpc) is 2.38. The van der Waals surface area contributed by atoms with Gasteiger partial charge in [0.25, 0.3) is 0 Å². The van der Waals surface area contributed by atoms with Crippen LogP contribution in [0.5, 0.6) is 5.75 Å². The van der Waals surface area contributed by atoms with Crippen LogP contribution >= 0.6 is 0 Å². The molecule has 0 heterocycles. The summed E-state index contributed by atoms with van der Waals surface area (Å²) in [6.07, 6.45) is 3.68. The number of rotatable bonds is 2. The molecule has 0 aliphatic heterocycles. The smallest absolute Gasteiger partial charge is 0.120 e. The van der Waals surface area contributed by atoms with Gasteiger partial charge in [0.05, 0.1) is 6.10 Å². The topological polar surface area (TPSA) is 35.2 Å². The second kappa shape index (κ2) is 5.09. The highest BCUT2D eigenvalue weighted by atomic mass is 16.5. The Hall–Kier alpha value is -1.02. The monoisotopic (exact) mass is 233 g/mol. The Balaban J connectivity index is 2.27. The summed E-state index contributed by atoms with van der Waals surface area (Å²) in [5.41, 5.74) is 8.97. The highest BCUT2D eigenvalue weighted by molar-refractivity contribution is 5.38. The molecule has 0 amide bonds. The first-order valence-corrected chi connectivity index (χ1v) is 6.61. The van der Waals surface area contributed by atoms with E-state index in [4.69, 9.17) is 10.5 Å². The van der Waals surface area contributed by atoms with Crippen molar-refractivity contribution in [3.05, 3.63) is 29.3 Å². The number of nitrogens with two attached hydrogens (primary N) is 1. The summed E-state index contributed by atoms with van der Waals surface area (Å²) in [5, 5.41) is 0. The molecule has 2 rings (SSSR count). The predicted octanol–water partition coefficient (Wildman–Crippen LogP) is 3.45. The molecule has 0 fully saturated rings. The quantitative estimate of drug-likeness (QED) is 0.794. The van der Waals surface area contributed by atoms with Crippen LogP contribution in [0, 0.1) is 5.92 Å². The molecule has 0 spiro atoms. The summed E-state index contributed by atoms with van der Waals surface area (Å²) in [6.45, 7) is 6.39. The second-order valence-corrected chi connectivity index (χ2v) is 5.51. The van der Waals surface area contributed by atoms with E-state index in [9.17, 15) is 0 Å². The van der Waals surface area contributed by atoms with Crippen LogP contribution in [0.25, 0.3) is 0 Å². The summed E-state index contributed by atoms with van der Waals surface area (Å²) in [5.74, 6) is 1.66. The maximum absolute atomic E-state index is 6.28. The molecule has 0 bridgehead atoms. The van der Waals surface area contributed by atoms with Crippen LogP contribution in [-0.2, 0) is 6.42 Å². The van der Waals surface area contributed by atoms with Crippen LogP contribution < -0.4 is 10.5 Å². The standard InChI is InChI=1S/C15H23NO/c1-10(2)17-13-7-6-12-5-4-11(3)8-15(16)14(12)9-13/h6-7,9-11,15H,4-5,8,16H2,1-3H3. The molecule has 2 unspecified atom stereocenters. The van der Waals surface area contributed by atoms with Crippen LogP contribution in [0.15, 0.2) is 18.2 Å². The Morgan fingerprint density at radius 2 is 2.12 bits per heavy atom. The third-order valence-corrected chi connectivity index (χ3v) is 3.45. The molecule has 2 atom stereocenters. The SMILES string of the molecule is CC1CCc2ccc(OC(C)C)cc2C(N)C1. The number of ether oxygens (including phenoxy) is 1. The van der Waals surface area contributed by atoms with Crippen LogP contribution in [-0.4, -0.2) is 6.10 Å². The summed E-state index contributed by atoms with van der Waals surface area (Å²) in [7, 11) is 0. The Kier molecular flexibility index (Phi) is 3.72. The van der Waals surface area contributed by atoms with Gasteiger partial charge in [-0.05, 0) is 62.3 Å². The molecule has 1 aliphatic carbocycles. The van der Waals surface area contributed by atoms with Gasteiger partial charge in [-0.2, -0.15) is 0 Å². The lowest BCUT2D eigenvalue weighted by Crippen LogP contribution is -2.13. The fraction of sp³-hybridized carbons (Fsp3) is 0.600. The van der Waals surface area contributed by atoms with Crippen molar-refractivity contribution in [2.45, 2.75) is 52.2 Å². The maximum atomic E-state index is 6.28. The van der Waals surface area contributed by atoms with E-state index >= 15 is 0 Å². The minimum atomic E-state index is 0.165. The molecule has 1 aliphatic rings. The van der Waals surface area contributed by atoms with Gasteiger partial charge in [0, 0.05) is 6.04 Å². The molecule has 0 saturated carbocycles. The Morgan fingerprint density at radius 3 is 2.82 bits per heavy atom. The van der Waals surface area contributed by atoms with Crippen LogP contribution in [0.2, 0.25) is 0 Å². The normalized spacial score (nSPS) is 24.3. The summed E-state index contributed by atoms with van der Waals surface area (Å²) >= 11 is 0. The van der Waals surface area contributed by atoms with Gasteiger partial charge in [-0.1, -0.05) is 13.0 Å². The molecule has 2 nitrogen and oxygen atoms in total. The van der Waals surface area contributed by atoms with Crippen molar-refractivity contribution in [1.82, 2.24) is 0 Å². The molecule has 94 valence electrons. The minimum Gasteiger partial charge on any atom is -0.491 e. The lowest BCUT2D eigenvalue weighted by atomic mass is 9.98. The van der Waals surface area contributed by atoms with Gasteiger partial charge in [-0.3, -0.25) is 0 Å². The maximum Gasteiger partial charge on any atom is 0.120 e. The largest absolute Gasteiger partial charge is 0.491 e. The number of hydrogen-bond donors (Lipinski definition) is 1. The highest BCUT2D eigenvalue weighted by Crippen LogP contribution is 2.32. The van der Waals surface area contributed by atoms with Gasteiger partial charge in [-0.25, -0.2) is 0 Å². The zero-order valence-corrected chi connectivity index (χ0v) is 11.1. The van der Waals surface area contributed by atoms with Crippen molar-refractivity contribution in [3.63, 3.8) is 0 Å². The number of benzene rings is 1. The van der Waals surface area contributed by atoms with Crippen molar-refractivity contribution < 1.29 is 4.74 Å². The third kappa shape index (κ3) is 3.01. The van der Waals surface area contributed by atoms with E-state index < -0.39 is 0 Å². The molecule has 0 radical (unpaired) electrons. The summed E-state index contributed by atoms with van der Waals surface area (Å²) in [4.78, 5) is 0. The van der Waals surface area contributed by atoms with E-state index in [-0.39, 0.29) is 12.1 Å². The lowest BCUT2D eigenvalue weighted by molar-refractivity contribution is 0.242.